The molecule has 0 bridgehead atoms. The summed E-state index contributed by atoms with van der Waals surface area (Å²) < 4.78 is 5.35. The van der Waals surface area contributed by atoms with Crippen molar-refractivity contribution < 1.29 is 14.0 Å². The van der Waals surface area contributed by atoms with Crippen LogP contribution in [0.15, 0.2) is 45.7 Å². The van der Waals surface area contributed by atoms with Crippen molar-refractivity contribution in [1.29, 1.82) is 0 Å². The summed E-state index contributed by atoms with van der Waals surface area (Å²) in [4.78, 5) is 25.3. The molecule has 1 aromatic carbocycles. The molecule has 0 saturated heterocycles. The normalized spacial score (nSPS) is 10.2. The summed E-state index contributed by atoms with van der Waals surface area (Å²) in [5, 5.41) is 3.28. The number of rotatable bonds is 4. The van der Waals surface area contributed by atoms with E-state index in [1.165, 1.54) is 11.2 Å². The summed E-state index contributed by atoms with van der Waals surface area (Å²) in [6.45, 7) is -0.0704. The largest absolute Gasteiger partial charge is 0.457 e. The number of carbonyl (C=O) groups is 2. The number of hydrogen-bond acceptors (Lipinski definition) is 3. The van der Waals surface area contributed by atoms with Crippen LogP contribution in [0.5, 0.6) is 0 Å². The molecule has 0 aliphatic heterocycles. The lowest BCUT2D eigenvalue weighted by atomic mass is 10.3. The van der Waals surface area contributed by atoms with E-state index in [0.717, 1.165) is 0 Å². The van der Waals surface area contributed by atoms with Gasteiger partial charge in [0, 0.05) is 17.8 Å². The molecule has 1 heterocycles. The molecule has 7 heteroatoms. The minimum atomic E-state index is -0.304. The summed E-state index contributed by atoms with van der Waals surface area (Å²) in [7, 11) is 1.54. The number of anilines is 1. The predicted molar refractivity (Wildman–Crippen MR) is 83.5 cm³/mol. The molecular weight excluding hydrogens is 360 g/mol. The Kier molecular flexibility index (Phi) is 5.03. The van der Waals surface area contributed by atoms with Crippen LogP contribution < -0.4 is 5.32 Å². The number of likely N-dealkylation sites (N-methyl/N-ethyl adjacent to an activating group) is 1. The van der Waals surface area contributed by atoms with Crippen molar-refractivity contribution in [2.75, 3.05) is 18.9 Å². The highest BCUT2D eigenvalue weighted by atomic mass is 79.9. The van der Waals surface area contributed by atoms with Crippen LogP contribution in [0.2, 0.25) is 5.02 Å². The van der Waals surface area contributed by atoms with Crippen molar-refractivity contribution in [3.05, 3.63) is 51.9 Å². The molecule has 0 aliphatic rings. The lowest BCUT2D eigenvalue weighted by Crippen LogP contribution is -2.34. The van der Waals surface area contributed by atoms with E-state index in [1.807, 2.05) is 0 Å². The Morgan fingerprint density at radius 3 is 2.52 bits per heavy atom. The summed E-state index contributed by atoms with van der Waals surface area (Å²) in [5.41, 5.74) is 0.992. The average Bonchev–Trinajstić information content (AvgIpc) is 2.86. The summed E-state index contributed by atoms with van der Waals surface area (Å²) in [5.74, 6) is -0.602. The zero-order valence-corrected chi connectivity index (χ0v) is 13.4. The van der Waals surface area contributed by atoms with E-state index in [4.69, 9.17) is 16.0 Å². The van der Waals surface area contributed by atoms with E-state index >= 15 is 0 Å². The van der Waals surface area contributed by atoms with Gasteiger partial charge in [-0.3, -0.25) is 9.59 Å². The van der Waals surface area contributed by atoms with Crippen LogP contribution in [0, 0.1) is 0 Å². The van der Waals surface area contributed by atoms with Crippen molar-refractivity contribution in [2.45, 2.75) is 0 Å². The molecule has 2 amide bonds. The number of hydrogen-bond donors (Lipinski definition) is 1. The first-order valence-electron chi connectivity index (χ1n) is 6.01. The van der Waals surface area contributed by atoms with Crippen LogP contribution in [0.4, 0.5) is 5.69 Å². The van der Waals surface area contributed by atoms with Crippen molar-refractivity contribution in [3.8, 4) is 0 Å². The number of furan rings is 1. The zero-order chi connectivity index (χ0) is 15.4. The molecule has 0 radical (unpaired) electrons. The molecule has 0 aliphatic carbocycles. The maximum absolute atomic E-state index is 12.1. The van der Waals surface area contributed by atoms with Gasteiger partial charge in [-0.25, -0.2) is 0 Å². The smallest absolute Gasteiger partial charge is 0.258 e. The molecule has 0 fully saturated rings. The Labute approximate surface area is 135 Å². The minimum Gasteiger partial charge on any atom is -0.457 e. The third kappa shape index (κ3) is 4.09. The maximum atomic E-state index is 12.1. The third-order valence-corrected chi connectivity index (χ3v) is 3.57. The molecule has 110 valence electrons. The maximum Gasteiger partial charge on any atom is 0.258 e. The van der Waals surface area contributed by atoms with Gasteiger partial charge < -0.3 is 14.6 Å². The van der Waals surface area contributed by atoms with Gasteiger partial charge in [0.1, 0.15) is 0 Å². The summed E-state index contributed by atoms with van der Waals surface area (Å²) in [6, 6.07) is 8.27. The number of amides is 2. The number of nitrogens with zero attached hydrogens (tertiary/aromatic N) is 1. The Morgan fingerprint density at radius 2 is 1.95 bits per heavy atom. The van der Waals surface area contributed by atoms with Crippen LogP contribution in [-0.2, 0) is 4.79 Å². The quantitative estimate of drug-likeness (QED) is 0.896. The van der Waals surface area contributed by atoms with E-state index in [2.05, 4.69) is 21.2 Å². The van der Waals surface area contributed by atoms with Gasteiger partial charge in [0.15, 0.2) is 4.67 Å². The fraction of sp³-hybridized carbons (Fsp3) is 0.143. The highest BCUT2D eigenvalue weighted by molar-refractivity contribution is 9.10. The summed E-state index contributed by atoms with van der Waals surface area (Å²) >= 11 is 8.90. The fourth-order valence-corrected chi connectivity index (χ4v) is 2.21. The molecule has 1 aromatic heterocycles. The standard InChI is InChI=1S/C14H12BrClN2O3/c1-18(14(20)11-6-7-21-13(11)15)8-12(19)17-10-4-2-9(16)3-5-10/h2-7H,8H2,1H3,(H,17,19). The topological polar surface area (TPSA) is 62.6 Å². The monoisotopic (exact) mass is 370 g/mol. The molecule has 0 saturated carbocycles. The lowest BCUT2D eigenvalue weighted by Gasteiger charge is -2.16. The van der Waals surface area contributed by atoms with Gasteiger partial charge in [0.05, 0.1) is 18.4 Å². The number of carbonyl (C=O) groups excluding carboxylic acids is 2. The van der Waals surface area contributed by atoms with Crippen molar-refractivity contribution >= 4 is 45.0 Å². The lowest BCUT2D eigenvalue weighted by molar-refractivity contribution is -0.116. The Morgan fingerprint density at radius 1 is 1.29 bits per heavy atom. The highest BCUT2D eigenvalue weighted by Gasteiger charge is 2.19. The molecule has 2 aromatic rings. The minimum absolute atomic E-state index is 0.0704. The van der Waals surface area contributed by atoms with Gasteiger partial charge in [0.25, 0.3) is 5.91 Å². The van der Waals surface area contributed by atoms with Crippen LogP contribution in [0.3, 0.4) is 0 Å². The highest BCUT2D eigenvalue weighted by Crippen LogP contribution is 2.19. The molecule has 0 spiro atoms. The second kappa shape index (κ2) is 6.78. The van der Waals surface area contributed by atoms with Gasteiger partial charge in [-0.2, -0.15) is 0 Å². The predicted octanol–water partition coefficient (Wildman–Crippen LogP) is 3.41. The Hall–Kier alpha value is -1.79. The molecule has 0 unspecified atom stereocenters. The second-order valence-corrected chi connectivity index (χ2v) is 5.48. The zero-order valence-electron chi connectivity index (χ0n) is 11.1. The fourth-order valence-electron chi connectivity index (χ4n) is 1.67. The van der Waals surface area contributed by atoms with Crippen molar-refractivity contribution in [3.63, 3.8) is 0 Å². The number of benzene rings is 1. The van der Waals surface area contributed by atoms with Gasteiger partial charge in [0.2, 0.25) is 5.91 Å². The van der Waals surface area contributed by atoms with E-state index in [0.29, 0.717) is 20.9 Å². The van der Waals surface area contributed by atoms with Gasteiger partial charge >= 0.3 is 0 Å². The molecule has 2 rings (SSSR count). The van der Waals surface area contributed by atoms with Gasteiger partial charge in [-0.05, 0) is 46.3 Å². The first-order valence-corrected chi connectivity index (χ1v) is 7.18. The molecule has 21 heavy (non-hydrogen) atoms. The number of nitrogens with one attached hydrogen (secondary N) is 1. The van der Waals surface area contributed by atoms with Crippen molar-refractivity contribution in [1.82, 2.24) is 4.90 Å². The molecule has 0 atom stereocenters. The van der Waals surface area contributed by atoms with Crippen LogP contribution in [-0.4, -0.2) is 30.3 Å². The van der Waals surface area contributed by atoms with Gasteiger partial charge in [-0.15, -0.1) is 0 Å². The second-order valence-electron chi connectivity index (χ2n) is 4.32. The van der Waals surface area contributed by atoms with Crippen LogP contribution in [0.1, 0.15) is 10.4 Å². The van der Waals surface area contributed by atoms with Gasteiger partial charge in [-0.1, -0.05) is 11.6 Å². The first kappa shape index (κ1) is 15.6. The Bertz CT molecular complexity index is 654. The molecule has 5 nitrogen and oxygen atoms in total. The first-order chi connectivity index (χ1) is 9.97. The summed E-state index contributed by atoms with van der Waals surface area (Å²) in [6.07, 6.45) is 1.40. The molecular formula is C14H12BrClN2O3. The van der Waals surface area contributed by atoms with E-state index in [-0.39, 0.29) is 18.4 Å². The van der Waals surface area contributed by atoms with E-state index in [9.17, 15) is 9.59 Å². The SMILES string of the molecule is CN(CC(=O)Nc1ccc(Cl)cc1)C(=O)c1ccoc1Br. The van der Waals surface area contributed by atoms with E-state index in [1.54, 1.807) is 37.4 Å². The van der Waals surface area contributed by atoms with Crippen molar-refractivity contribution in [2.24, 2.45) is 0 Å². The average molecular weight is 372 g/mol. The number of halogens is 2. The van der Waals surface area contributed by atoms with Crippen LogP contribution >= 0.6 is 27.5 Å². The molecule has 1 N–H and O–H groups in total. The van der Waals surface area contributed by atoms with Crippen LogP contribution in [0.25, 0.3) is 0 Å². The third-order valence-electron chi connectivity index (χ3n) is 2.70. The Balaban J connectivity index is 1.94. The van der Waals surface area contributed by atoms with E-state index < -0.39 is 0 Å².